The summed E-state index contributed by atoms with van der Waals surface area (Å²) in [6.45, 7) is 9.44. The van der Waals surface area contributed by atoms with Gasteiger partial charge in [0, 0.05) is 17.8 Å². The van der Waals surface area contributed by atoms with Gasteiger partial charge in [-0.25, -0.2) is 4.98 Å². The van der Waals surface area contributed by atoms with E-state index in [9.17, 15) is 0 Å². The van der Waals surface area contributed by atoms with Crippen LogP contribution in [-0.2, 0) is 0 Å². The molecule has 4 nitrogen and oxygen atoms in total. The Bertz CT molecular complexity index is 436. The fourth-order valence-electron chi connectivity index (χ4n) is 2.93. The summed E-state index contributed by atoms with van der Waals surface area (Å²) in [4.78, 5) is 8.96. The van der Waals surface area contributed by atoms with Crippen LogP contribution < -0.4 is 10.1 Å². The number of nitrogens with zero attached hydrogens (tertiary/aromatic N) is 2. The van der Waals surface area contributed by atoms with Gasteiger partial charge in [-0.05, 0) is 44.4 Å². The zero-order valence-electron chi connectivity index (χ0n) is 13.1. The molecule has 112 valence electrons. The number of hydrogen-bond acceptors (Lipinski definition) is 4. The molecule has 1 heterocycles. The van der Waals surface area contributed by atoms with Crippen LogP contribution in [0.5, 0.6) is 5.88 Å². The predicted octanol–water partition coefficient (Wildman–Crippen LogP) is 3.81. The van der Waals surface area contributed by atoms with Crippen molar-refractivity contribution in [1.29, 1.82) is 0 Å². The Morgan fingerprint density at radius 2 is 2.10 bits per heavy atom. The standard InChI is InChI=1S/C16H27N3O/c1-5-8-20-15-10-13(4)17-16(19-15)18-14-7-6-11(2)9-12(14)3/h10-12,14H,5-9H2,1-4H3,(H,17,18,19). The Labute approximate surface area is 122 Å². The lowest BCUT2D eigenvalue weighted by Gasteiger charge is -2.33. The van der Waals surface area contributed by atoms with Crippen LogP contribution in [0.15, 0.2) is 6.07 Å². The Morgan fingerprint density at radius 3 is 2.80 bits per heavy atom. The van der Waals surface area contributed by atoms with Crippen molar-refractivity contribution in [1.82, 2.24) is 9.97 Å². The zero-order valence-corrected chi connectivity index (χ0v) is 13.1. The highest BCUT2D eigenvalue weighted by Crippen LogP contribution is 2.30. The van der Waals surface area contributed by atoms with Crippen molar-refractivity contribution in [2.24, 2.45) is 11.8 Å². The van der Waals surface area contributed by atoms with Crippen molar-refractivity contribution in [3.63, 3.8) is 0 Å². The molecule has 0 aliphatic heterocycles. The number of anilines is 1. The van der Waals surface area contributed by atoms with Crippen LogP contribution in [0.1, 0.15) is 52.1 Å². The van der Waals surface area contributed by atoms with Crippen LogP contribution in [0.4, 0.5) is 5.95 Å². The summed E-state index contributed by atoms with van der Waals surface area (Å²) >= 11 is 0. The molecule has 3 atom stereocenters. The average Bonchev–Trinajstić information content (AvgIpc) is 2.39. The van der Waals surface area contributed by atoms with Gasteiger partial charge in [0.1, 0.15) is 0 Å². The largest absolute Gasteiger partial charge is 0.478 e. The molecule has 4 heteroatoms. The van der Waals surface area contributed by atoms with Crippen molar-refractivity contribution in [3.05, 3.63) is 11.8 Å². The Kier molecular flexibility index (Phi) is 5.21. The second-order valence-corrected chi connectivity index (χ2v) is 6.17. The topological polar surface area (TPSA) is 47.0 Å². The van der Waals surface area contributed by atoms with Gasteiger partial charge in [-0.15, -0.1) is 0 Å². The SMILES string of the molecule is CCCOc1cc(C)nc(NC2CCC(C)CC2C)n1. The highest BCUT2D eigenvalue weighted by atomic mass is 16.5. The van der Waals surface area contributed by atoms with Gasteiger partial charge in [0.25, 0.3) is 0 Å². The maximum absolute atomic E-state index is 5.62. The molecule has 3 unspecified atom stereocenters. The summed E-state index contributed by atoms with van der Waals surface area (Å²) in [5.74, 6) is 2.90. The molecule has 1 aromatic rings. The second kappa shape index (κ2) is 6.91. The highest BCUT2D eigenvalue weighted by molar-refractivity contribution is 5.32. The summed E-state index contributed by atoms with van der Waals surface area (Å²) in [6.07, 6.45) is 4.75. The monoisotopic (exact) mass is 277 g/mol. The molecule has 1 saturated carbocycles. The molecule has 0 amide bonds. The Hall–Kier alpha value is -1.32. The van der Waals surface area contributed by atoms with E-state index >= 15 is 0 Å². The lowest BCUT2D eigenvalue weighted by atomic mass is 9.80. The molecule has 0 spiro atoms. The van der Waals surface area contributed by atoms with Crippen LogP contribution in [0.25, 0.3) is 0 Å². The van der Waals surface area contributed by atoms with E-state index in [1.54, 1.807) is 0 Å². The van der Waals surface area contributed by atoms with Crippen LogP contribution in [-0.4, -0.2) is 22.6 Å². The van der Waals surface area contributed by atoms with E-state index in [1.165, 1.54) is 19.3 Å². The maximum atomic E-state index is 5.62. The van der Waals surface area contributed by atoms with Gasteiger partial charge in [0.15, 0.2) is 0 Å². The zero-order chi connectivity index (χ0) is 14.5. The number of ether oxygens (including phenoxy) is 1. The molecule has 1 N–H and O–H groups in total. The molecule has 20 heavy (non-hydrogen) atoms. The smallest absolute Gasteiger partial charge is 0.226 e. The average molecular weight is 277 g/mol. The van der Waals surface area contributed by atoms with Crippen LogP contribution >= 0.6 is 0 Å². The number of nitrogens with one attached hydrogen (secondary N) is 1. The summed E-state index contributed by atoms with van der Waals surface area (Å²) in [6, 6.07) is 2.37. The van der Waals surface area contributed by atoms with Gasteiger partial charge in [0.05, 0.1) is 6.61 Å². The number of aryl methyl sites for hydroxylation is 1. The van der Waals surface area contributed by atoms with Crippen molar-refractivity contribution in [2.75, 3.05) is 11.9 Å². The van der Waals surface area contributed by atoms with Crippen molar-refractivity contribution in [3.8, 4) is 5.88 Å². The van der Waals surface area contributed by atoms with E-state index in [1.807, 2.05) is 13.0 Å². The summed E-state index contributed by atoms with van der Waals surface area (Å²) in [7, 11) is 0. The second-order valence-electron chi connectivity index (χ2n) is 6.17. The van der Waals surface area contributed by atoms with Crippen molar-refractivity contribution in [2.45, 2.75) is 59.4 Å². The van der Waals surface area contributed by atoms with Gasteiger partial charge in [-0.2, -0.15) is 4.98 Å². The van der Waals surface area contributed by atoms with E-state index in [2.05, 4.69) is 36.1 Å². The quantitative estimate of drug-likeness (QED) is 0.889. The van der Waals surface area contributed by atoms with Crippen LogP contribution in [0.2, 0.25) is 0 Å². The van der Waals surface area contributed by atoms with E-state index in [0.717, 1.165) is 18.0 Å². The Morgan fingerprint density at radius 1 is 1.30 bits per heavy atom. The van der Waals surface area contributed by atoms with Gasteiger partial charge in [-0.3, -0.25) is 0 Å². The van der Waals surface area contributed by atoms with Crippen molar-refractivity contribution < 1.29 is 4.74 Å². The molecular formula is C16H27N3O. The lowest BCUT2D eigenvalue weighted by Crippen LogP contribution is -2.33. The first-order valence-corrected chi connectivity index (χ1v) is 7.83. The third-order valence-corrected chi connectivity index (χ3v) is 4.03. The summed E-state index contributed by atoms with van der Waals surface area (Å²) in [5.41, 5.74) is 0.949. The van der Waals surface area contributed by atoms with E-state index in [4.69, 9.17) is 4.74 Å². The molecular weight excluding hydrogens is 250 g/mol. The first-order chi connectivity index (χ1) is 9.58. The lowest BCUT2D eigenvalue weighted by molar-refractivity contribution is 0.275. The van der Waals surface area contributed by atoms with Gasteiger partial charge >= 0.3 is 0 Å². The van der Waals surface area contributed by atoms with Gasteiger partial charge < -0.3 is 10.1 Å². The van der Waals surface area contributed by atoms with E-state index in [-0.39, 0.29) is 0 Å². The number of hydrogen-bond donors (Lipinski definition) is 1. The highest BCUT2D eigenvalue weighted by Gasteiger charge is 2.25. The minimum absolute atomic E-state index is 0.479. The third kappa shape index (κ3) is 4.09. The molecule has 0 aromatic carbocycles. The third-order valence-electron chi connectivity index (χ3n) is 4.03. The molecule has 1 fully saturated rings. The first-order valence-electron chi connectivity index (χ1n) is 7.83. The minimum atomic E-state index is 0.479. The first kappa shape index (κ1) is 15.1. The molecule has 0 bridgehead atoms. The minimum Gasteiger partial charge on any atom is -0.478 e. The van der Waals surface area contributed by atoms with Crippen LogP contribution in [0.3, 0.4) is 0 Å². The van der Waals surface area contributed by atoms with Crippen LogP contribution in [0, 0.1) is 18.8 Å². The van der Waals surface area contributed by atoms with Gasteiger partial charge in [-0.1, -0.05) is 20.8 Å². The molecule has 2 rings (SSSR count). The summed E-state index contributed by atoms with van der Waals surface area (Å²) < 4.78 is 5.62. The normalized spacial score (nSPS) is 26.3. The molecule has 0 saturated heterocycles. The number of rotatable bonds is 5. The number of aromatic nitrogens is 2. The van der Waals surface area contributed by atoms with Gasteiger partial charge in [0.2, 0.25) is 11.8 Å². The Balaban J connectivity index is 2.03. The van der Waals surface area contributed by atoms with E-state index < -0.39 is 0 Å². The van der Waals surface area contributed by atoms with E-state index in [0.29, 0.717) is 30.4 Å². The molecule has 0 radical (unpaired) electrons. The van der Waals surface area contributed by atoms with Crippen molar-refractivity contribution >= 4 is 5.95 Å². The summed E-state index contributed by atoms with van der Waals surface area (Å²) in [5, 5.41) is 3.51. The molecule has 1 aliphatic rings. The fraction of sp³-hybridized carbons (Fsp3) is 0.750. The predicted molar refractivity (Wildman–Crippen MR) is 82.1 cm³/mol. The molecule has 1 aromatic heterocycles. The molecule has 1 aliphatic carbocycles. The fourth-order valence-corrected chi connectivity index (χ4v) is 2.93. The maximum Gasteiger partial charge on any atom is 0.226 e.